The summed E-state index contributed by atoms with van der Waals surface area (Å²) in [6.07, 6.45) is 6.70. The Bertz CT molecular complexity index is 546. The SMILES string of the molecule is O=C1[C@H]2OC[C@@H](O2)[C@H]2[C@H](C(=O)C34CC5CC(CC(C5)C3)C4)[C@H]12. The summed E-state index contributed by atoms with van der Waals surface area (Å²) in [6, 6.07) is 0. The van der Waals surface area contributed by atoms with Crippen molar-refractivity contribution in [3.63, 3.8) is 0 Å². The maximum Gasteiger partial charge on any atom is 0.218 e. The molecular weight excluding hydrogens is 280 g/mol. The third-order valence-corrected chi connectivity index (χ3v) is 7.64. The smallest absolute Gasteiger partial charge is 0.218 e. The molecule has 0 aromatic carbocycles. The molecule has 0 aromatic rings. The van der Waals surface area contributed by atoms with Gasteiger partial charge in [0.2, 0.25) is 6.29 Å². The highest BCUT2D eigenvalue weighted by Gasteiger charge is 2.71. The summed E-state index contributed by atoms with van der Waals surface area (Å²) in [4.78, 5) is 25.8. The monoisotopic (exact) mass is 302 g/mol. The van der Waals surface area contributed by atoms with E-state index in [1.165, 1.54) is 19.3 Å². The van der Waals surface area contributed by atoms with Gasteiger partial charge >= 0.3 is 0 Å². The first kappa shape index (κ1) is 12.7. The lowest BCUT2D eigenvalue weighted by Crippen LogP contribution is -2.50. The average Bonchev–Trinajstić information content (AvgIpc) is 3.07. The molecule has 4 heteroatoms. The Morgan fingerprint density at radius 1 is 1.05 bits per heavy atom. The lowest BCUT2D eigenvalue weighted by molar-refractivity contribution is -0.154. The Hall–Kier alpha value is -0.740. The number of Topliss-reactive ketones (excluding diaryl/α,β-unsaturated/α-hetero) is 2. The molecule has 0 spiro atoms. The molecule has 2 heterocycles. The van der Waals surface area contributed by atoms with Crippen LogP contribution in [0.15, 0.2) is 0 Å². The zero-order chi connectivity index (χ0) is 14.6. The minimum atomic E-state index is -0.666. The fraction of sp³-hybridized carbons (Fsp3) is 0.889. The van der Waals surface area contributed by atoms with Crippen LogP contribution in [0.2, 0.25) is 0 Å². The second kappa shape index (κ2) is 3.84. The lowest BCUT2D eigenvalue weighted by Gasteiger charge is -2.56. The molecule has 0 N–H and O–H groups in total. The molecule has 5 atom stereocenters. The minimum Gasteiger partial charge on any atom is -0.343 e. The van der Waals surface area contributed by atoms with Gasteiger partial charge in [-0.2, -0.15) is 0 Å². The van der Waals surface area contributed by atoms with E-state index in [2.05, 4.69) is 0 Å². The maximum absolute atomic E-state index is 13.4. The molecule has 6 bridgehead atoms. The van der Waals surface area contributed by atoms with Crippen LogP contribution in [0.3, 0.4) is 0 Å². The van der Waals surface area contributed by atoms with Crippen molar-refractivity contribution < 1.29 is 19.1 Å². The summed E-state index contributed by atoms with van der Waals surface area (Å²) in [5.74, 6) is 2.84. The fourth-order valence-corrected chi connectivity index (χ4v) is 7.20. The third kappa shape index (κ3) is 1.42. The first-order valence-electron chi connectivity index (χ1n) is 9.00. The van der Waals surface area contributed by atoms with E-state index >= 15 is 0 Å². The fourth-order valence-electron chi connectivity index (χ4n) is 7.20. The quantitative estimate of drug-likeness (QED) is 0.782. The van der Waals surface area contributed by atoms with Crippen LogP contribution in [0.1, 0.15) is 38.5 Å². The zero-order valence-corrected chi connectivity index (χ0v) is 12.7. The van der Waals surface area contributed by atoms with Crippen LogP contribution >= 0.6 is 0 Å². The second-order valence-electron chi connectivity index (χ2n) is 8.93. The van der Waals surface area contributed by atoms with Crippen molar-refractivity contribution in [2.75, 3.05) is 6.61 Å². The predicted octanol–water partition coefficient (Wildman–Crippen LogP) is 1.96. The van der Waals surface area contributed by atoms with E-state index in [-0.39, 0.29) is 35.1 Å². The van der Waals surface area contributed by atoms with Crippen molar-refractivity contribution in [3.05, 3.63) is 0 Å². The molecule has 2 aliphatic heterocycles. The van der Waals surface area contributed by atoms with Gasteiger partial charge in [-0.25, -0.2) is 0 Å². The number of ketones is 2. The highest BCUT2D eigenvalue weighted by Crippen LogP contribution is 2.65. The maximum atomic E-state index is 13.4. The van der Waals surface area contributed by atoms with E-state index in [9.17, 15) is 9.59 Å². The zero-order valence-electron chi connectivity index (χ0n) is 12.7. The molecule has 7 aliphatic rings. The average molecular weight is 302 g/mol. The van der Waals surface area contributed by atoms with Gasteiger partial charge in [0.05, 0.1) is 12.7 Å². The van der Waals surface area contributed by atoms with Crippen molar-refractivity contribution >= 4 is 11.6 Å². The number of ether oxygens (including phenoxy) is 2. The molecule has 5 saturated carbocycles. The van der Waals surface area contributed by atoms with Gasteiger partial charge in [0.25, 0.3) is 0 Å². The van der Waals surface area contributed by atoms with Gasteiger partial charge in [-0.05, 0) is 56.3 Å². The second-order valence-corrected chi connectivity index (χ2v) is 8.93. The third-order valence-electron chi connectivity index (χ3n) is 7.64. The number of carbonyl (C=O) groups excluding carboxylic acids is 2. The first-order chi connectivity index (χ1) is 10.6. The molecule has 0 amide bonds. The molecule has 22 heavy (non-hydrogen) atoms. The molecular formula is C18H22O4. The Morgan fingerprint density at radius 3 is 2.32 bits per heavy atom. The van der Waals surface area contributed by atoms with Gasteiger partial charge < -0.3 is 9.47 Å². The van der Waals surface area contributed by atoms with E-state index in [0.29, 0.717) is 12.4 Å². The normalized spacial score (nSPS) is 60.5. The summed E-state index contributed by atoms with van der Waals surface area (Å²) in [6.45, 7) is 0.502. The molecule has 0 unspecified atom stereocenters. The van der Waals surface area contributed by atoms with Crippen LogP contribution in [-0.2, 0) is 19.1 Å². The number of hydrogen-bond donors (Lipinski definition) is 0. The van der Waals surface area contributed by atoms with Crippen LogP contribution in [0.5, 0.6) is 0 Å². The Balaban J connectivity index is 1.31. The van der Waals surface area contributed by atoms with Crippen LogP contribution in [0.4, 0.5) is 0 Å². The van der Waals surface area contributed by atoms with Crippen molar-refractivity contribution in [3.8, 4) is 0 Å². The van der Waals surface area contributed by atoms with Crippen molar-refractivity contribution in [2.24, 2.45) is 40.9 Å². The molecule has 0 radical (unpaired) electrons. The lowest BCUT2D eigenvalue weighted by atomic mass is 9.48. The Morgan fingerprint density at radius 2 is 1.68 bits per heavy atom. The topological polar surface area (TPSA) is 52.6 Å². The summed E-state index contributed by atoms with van der Waals surface area (Å²) >= 11 is 0. The van der Waals surface area contributed by atoms with Crippen LogP contribution < -0.4 is 0 Å². The highest BCUT2D eigenvalue weighted by atomic mass is 16.7. The van der Waals surface area contributed by atoms with E-state index in [0.717, 1.165) is 37.0 Å². The van der Waals surface area contributed by atoms with E-state index in [1.54, 1.807) is 0 Å². The largest absolute Gasteiger partial charge is 0.343 e. The van der Waals surface area contributed by atoms with Gasteiger partial charge in [0.1, 0.15) is 5.78 Å². The molecule has 0 aromatic heterocycles. The van der Waals surface area contributed by atoms with Gasteiger partial charge in [-0.3, -0.25) is 9.59 Å². The molecule has 4 nitrogen and oxygen atoms in total. The highest BCUT2D eigenvalue weighted by molar-refractivity contribution is 6.00. The molecule has 2 saturated heterocycles. The molecule has 7 rings (SSSR count). The molecule has 118 valence electrons. The Labute approximate surface area is 129 Å². The number of hydrogen-bond acceptors (Lipinski definition) is 4. The molecule has 7 fully saturated rings. The number of carbonyl (C=O) groups is 2. The molecule has 5 aliphatic carbocycles. The number of fused-ring (bicyclic) bond motifs is 4. The summed E-state index contributed by atoms with van der Waals surface area (Å²) in [5, 5.41) is 0. The standard InChI is InChI=1S/C18H22O4/c19-15-13-12(11-7-21-17(15)22-11)14(13)16(20)18-4-8-1-9(5-18)3-10(2-8)6-18/h8-14,17H,1-7H2/t8?,9?,10?,11-,12-,13-,14+,17+,18?/m1/s1. The minimum absolute atomic E-state index is 0.00411. The van der Waals surface area contributed by atoms with E-state index < -0.39 is 6.29 Å². The summed E-state index contributed by atoms with van der Waals surface area (Å²) in [7, 11) is 0. The Kier molecular flexibility index (Phi) is 2.21. The van der Waals surface area contributed by atoms with Crippen molar-refractivity contribution in [2.45, 2.75) is 50.9 Å². The van der Waals surface area contributed by atoms with Crippen molar-refractivity contribution in [1.82, 2.24) is 0 Å². The predicted molar refractivity (Wildman–Crippen MR) is 75.7 cm³/mol. The van der Waals surface area contributed by atoms with E-state index in [1.807, 2.05) is 0 Å². The van der Waals surface area contributed by atoms with Crippen molar-refractivity contribution in [1.29, 1.82) is 0 Å². The van der Waals surface area contributed by atoms with Gasteiger partial charge in [-0.15, -0.1) is 0 Å². The van der Waals surface area contributed by atoms with Gasteiger partial charge in [0.15, 0.2) is 5.78 Å². The van der Waals surface area contributed by atoms with Gasteiger partial charge in [0, 0.05) is 23.2 Å². The summed E-state index contributed by atoms with van der Waals surface area (Å²) < 4.78 is 11.0. The van der Waals surface area contributed by atoms with Crippen LogP contribution in [0.25, 0.3) is 0 Å². The van der Waals surface area contributed by atoms with Crippen LogP contribution in [-0.4, -0.2) is 30.6 Å². The van der Waals surface area contributed by atoms with Crippen LogP contribution in [0, 0.1) is 40.9 Å². The van der Waals surface area contributed by atoms with E-state index in [4.69, 9.17) is 9.47 Å². The summed E-state index contributed by atoms with van der Waals surface area (Å²) in [5.41, 5.74) is -0.0723. The van der Waals surface area contributed by atoms with Gasteiger partial charge in [-0.1, -0.05) is 0 Å². The number of rotatable bonds is 2. The first-order valence-corrected chi connectivity index (χ1v) is 9.00.